The van der Waals surface area contributed by atoms with E-state index in [1.165, 1.54) is 19.1 Å². The van der Waals surface area contributed by atoms with Gasteiger partial charge in [-0.15, -0.1) is 0 Å². The zero-order valence-electron chi connectivity index (χ0n) is 9.39. The minimum absolute atomic E-state index is 0.0539. The third-order valence-corrected chi connectivity index (χ3v) is 2.07. The molecule has 0 saturated carbocycles. The number of Topliss-reactive ketones (excluding diaryl/α,β-unsaturated/α-hetero) is 1. The van der Waals surface area contributed by atoms with Crippen LogP contribution < -0.4 is 4.74 Å². The smallest absolute Gasteiger partial charge is 0.321 e. The molecular weight excluding hydrogens is 224 g/mol. The first kappa shape index (κ1) is 12.6. The number of nitrogens with zero attached hydrogens (tertiary/aromatic N) is 2. The molecule has 0 amide bonds. The van der Waals surface area contributed by atoms with Crippen LogP contribution in [0.2, 0.25) is 0 Å². The molecule has 0 unspecified atom stereocenters. The molecule has 0 aliphatic rings. The average Bonchev–Trinajstić information content (AvgIpc) is 2.27. The first-order valence-electron chi connectivity index (χ1n) is 4.87. The number of rotatable bonds is 4. The predicted molar refractivity (Wildman–Crippen MR) is 59.0 cm³/mol. The van der Waals surface area contributed by atoms with E-state index in [1.54, 1.807) is 6.92 Å². The quantitative estimate of drug-likeness (QED) is 0.451. The number of nitriles is 1. The van der Waals surface area contributed by atoms with E-state index in [2.05, 4.69) is 0 Å². The van der Waals surface area contributed by atoms with E-state index in [-0.39, 0.29) is 23.5 Å². The molecule has 0 bridgehead atoms. The molecule has 1 aromatic carbocycles. The number of carbonyl (C=O) groups excluding carboxylic acids is 1. The number of hydrogen-bond donors (Lipinski definition) is 0. The van der Waals surface area contributed by atoms with Crippen LogP contribution in [0.3, 0.4) is 0 Å². The molecule has 1 rings (SSSR count). The fraction of sp³-hybridized carbons (Fsp3) is 0.273. The number of nitro groups is 1. The van der Waals surface area contributed by atoms with E-state index in [0.29, 0.717) is 0 Å². The van der Waals surface area contributed by atoms with Crippen LogP contribution in [0.25, 0.3) is 0 Å². The number of carbonyl (C=O) groups is 1. The highest BCUT2D eigenvalue weighted by molar-refractivity contribution is 5.99. The molecule has 0 fully saturated rings. The molecule has 0 atom stereocenters. The number of nitro benzene ring substituents is 1. The lowest BCUT2D eigenvalue weighted by Crippen LogP contribution is -2.05. The van der Waals surface area contributed by atoms with Crippen molar-refractivity contribution in [2.45, 2.75) is 13.8 Å². The van der Waals surface area contributed by atoms with Gasteiger partial charge in [0.05, 0.1) is 23.2 Å². The van der Waals surface area contributed by atoms with Crippen LogP contribution in [-0.2, 0) is 0 Å². The highest BCUT2D eigenvalue weighted by Crippen LogP contribution is 2.32. The molecule has 17 heavy (non-hydrogen) atoms. The lowest BCUT2D eigenvalue weighted by atomic mass is 10.1. The topological polar surface area (TPSA) is 93.2 Å². The van der Waals surface area contributed by atoms with Crippen molar-refractivity contribution in [1.82, 2.24) is 0 Å². The maximum atomic E-state index is 11.3. The summed E-state index contributed by atoms with van der Waals surface area (Å²) in [4.78, 5) is 21.6. The summed E-state index contributed by atoms with van der Waals surface area (Å²) < 4.78 is 5.09. The van der Waals surface area contributed by atoms with Crippen molar-refractivity contribution < 1.29 is 14.5 Å². The summed E-state index contributed by atoms with van der Waals surface area (Å²) in [7, 11) is 0. The standard InChI is InChI=1S/C11H10N2O4/c1-3-17-10-5-8(6-12)4-9(7(2)14)11(10)13(15)16/h4-5H,3H2,1-2H3. The van der Waals surface area contributed by atoms with Gasteiger partial charge in [-0.3, -0.25) is 14.9 Å². The number of ether oxygens (including phenoxy) is 1. The Morgan fingerprint density at radius 3 is 2.65 bits per heavy atom. The summed E-state index contributed by atoms with van der Waals surface area (Å²) in [5.41, 5.74) is -0.347. The van der Waals surface area contributed by atoms with E-state index in [9.17, 15) is 14.9 Å². The van der Waals surface area contributed by atoms with Crippen LogP contribution in [0.1, 0.15) is 29.8 Å². The molecule has 0 aliphatic carbocycles. The summed E-state index contributed by atoms with van der Waals surface area (Å²) in [5, 5.41) is 19.7. The van der Waals surface area contributed by atoms with Gasteiger partial charge in [-0.25, -0.2) is 0 Å². The van der Waals surface area contributed by atoms with Gasteiger partial charge in [-0.05, 0) is 19.9 Å². The highest BCUT2D eigenvalue weighted by atomic mass is 16.6. The predicted octanol–water partition coefficient (Wildman–Crippen LogP) is 2.07. The first-order chi connectivity index (χ1) is 8.01. The van der Waals surface area contributed by atoms with Crippen molar-refractivity contribution in [3.63, 3.8) is 0 Å². The van der Waals surface area contributed by atoms with Crippen molar-refractivity contribution in [3.8, 4) is 11.8 Å². The van der Waals surface area contributed by atoms with Crippen LogP contribution >= 0.6 is 0 Å². The SMILES string of the molecule is CCOc1cc(C#N)cc(C(C)=O)c1[N+](=O)[O-]. The maximum absolute atomic E-state index is 11.3. The molecule has 0 saturated heterocycles. The third kappa shape index (κ3) is 2.58. The second-order valence-corrected chi connectivity index (χ2v) is 3.23. The Kier molecular flexibility index (Phi) is 3.78. The fourth-order valence-corrected chi connectivity index (χ4v) is 1.39. The Balaban J connectivity index is 3.56. The molecular formula is C11H10N2O4. The largest absolute Gasteiger partial charge is 0.487 e. The summed E-state index contributed by atoms with van der Waals surface area (Å²) in [5.74, 6) is -0.531. The van der Waals surface area contributed by atoms with Crippen LogP contribution in [0.15, 0.2) is 12.1 Å². The fourth-order valence-electron chi connectivity index (χ4n) is 1.39. The zero-order chi connectivity index (χ0) is 13.0. The molecule has 0 aromatic heterocycles. The van der Waals surface area contributed by atoms with Crippen molar-refractivity contribution in [1.29, 1.82) is 5.26 Å². The summed E-state index contributed by atoms with van der Waals surface area (Å²) in [6.07, 6.45) is 0. The Bertz CT molecular complexity index is 517. The molecule has 0 N–H and O–H groups in total. The van der Waals surface area contributed by atoms with E-state index < -0.39 is 16.4 Å². The molecule has 1 aromatic rings. The Hall–Kier alpha value is -2.42. The van der Waals surface area contributed by atoms with E-state index in [4.69, 9.17) is 10.00 Å². The van der Waals surface area contributed by atoms with Crippen LogP contribution in [-0.4, -0.2) is 17.3 Å². The van der Waals surface area contributed by atoms with Gasteiger partial charge in [0.2, 0.25) is 0 Å². The monoisotopic (exact) mass is 234 g/mol. The summed E-state index contributed by atoms with van der Waals surface area (Å²) in [6.45, 7) is 3.09. The van der Waals surface area contributed by atoms with Crippen molar-refractivity contribution in [3.05, 3.63) is 33.4 Å². The molecule has 0 spiro atoms. The van der Waals surface area contributed by atoms with Gasteiger partial charge in [0.25, 0.3) is 0 Å². The number of ketones is 1. The lowest BCUT2D eigenvalue weighted by Gasteiger charge is -2.07. The third-order valence-electron chi connectivity index (χ3n) is 2.07. The van der Waals surface area contributed by atoms with Crippen LogP contribution in [0, 0.1) is 21.4 Å². The van der Waals surface area contributed by atoms with Gasteiger partial charge in [0.1, 0.15) is 5.56 Å². The van der Waals surface area contributed by atoms with Crippen molar-refractivity contribution in [2.24, 2.45) is 0 Å². The van der Waals surface area contributed by atoms with E-state index in [1.807, 2.05) is 6.07 Å². The van der Waals surface area contributed by atoms with E-state index >= 15 is 0 Å². The Morgan fingerprint density at radius 2 is 2.24 bits per heavy atom. The van der Waals surface area contributed by atoms with Crippen molar-refractivity contribution >= 4 is 11.5 Å². The van der Waals surface area contributed by atoms with Gasteiger partial charge in [-0.2, -0.15) is 5.26 Å². The van der Waals surface area contributed by atoms with Gasteiger partial charge < -0.3 is 4.74 Å². The Morgan fingerprint density at radius 1 is 1.59 bits per heavy atom. The number of hydrogen-bond acceptors (Lipinski definition) is 5. The van der Waals surface area contributed by atoms with Crippen LogP contribution in [0.4, 0.5) is 5.69 Å². The molecule has 0 radical (unpaired) electrons. The first-order valence-corrected chi connectivity index (χ1v) is 4.87. The second-order valence-electron chi connectivity index (χ2n) is 3.23. The minimum Gasteiger partial charge on any atom is -0.487 e. The zero-order valence-corrected chi connectivity index (χ0v) is 9.39. The molecule has 6 heteroatoms. The van der Waals surface area contributed by atoms with Gasteiger partial charge >= 0.3 is 5.69 Å². The molecule has 6 nitrogen and oxygen atoms in total. The van der Waals surface area contributed by atoms with Gasteiger partial charge in [0, 0.05) is 6.07 Å². The second kappa shape index (κ2) is 5.07. The molecule has 0 aliphatic heterocycles. The number of benzene rings is 1. The summed E-state index contributed by atoms with van der Waals surface area (Å²) >= 11 is 0. The summed E-state index contributed by atoms with van der Waals surface area (Å²) in [6, 6.07) is 4.29. The van der Waals surface area contributed by atoms with Gasteiger partial charge in [-0.1, -0.05) is 0 Å². The molecule has 0 heterocycles. The van der Waals surface area contributed by atoms with E-state index in [0.717, 1.165) is 0 Å². The minimum atomic E-state index is -0.678. The molecule has 88 valence electrons. The lowest BCUT2D eigenvalue weighted by molar-refractivity contribution is -0.386. The van der Waals surface area contributed by atoms with Crippen LogP contribution in [0.5, 0.6) is 5.75 Å². The highest BCUT2D eigenvalue weighted by Gasteiger charge is 2.25. The normalized spacial score (nSPS) is 9.47. The van der Waals surface area contributed by atoms with Gasteiger partial charge in [0.15, 0.2) is 11.5 Å². The average molecular weight is 234 g/mol. The Labute approximate surface area is 97.6 Å². The van der Waals surface area contributed by atoms with Crippen molar-refractivity contribution in [2.75, 3.05) is 6.61 Å². The maximum Gasteiger partial charge on any atom is 0.321 e.